The highest BCUT2D eigenvalue weighted by molar-refractivity contribution is 5.95. The third-order valence-electron chi connectivity index (χ3n) is 5.41. The lowest BCUT2D eigenvalue weighted by molar-refractivity contribution is 0.415. The van der Waals surface area contributed by atoms with E-state index in [1.807, 2.05) is 61.0 Å². The first-order valence-electron chi connectivity index (χ1n) is 9.36. The number of aromatic nitrogens is 3. The molecule has 0 amide bonds. The smallest absolute Gasteiger partial charge is 0.330 e. The van der Waals surface area contributed by atoms with Gasteiger partial charge in [-0.05, 0) is 55.3 Å². The van der Waals surface area contributed by atoms with Crippen LogP contribution in [0.15, 0.2) is 58.3 Å². The molecule has 0 aliphatic carbocycles. The van der Waals surface area contributed by atoms with Crippen LogP contribution in [0.2, 0.25) is 0 Å². The minimum Gasteiger partial charge on any atom is -0.497 e. The fourth-order valence-electron chi connectivity index (χ4n) is 3.84. The average molecular weight is 389 g/mol. The van der Waals surface area contributed by atoms with Crippen molar-refractivity contribution >= 4 is 10.9 Å². The van der Waals surface area contributed by atoms with Crippen LogP contribution in [0.1, 0.15) is 11.1 Å². The number of rotatable bonds is 3. The van der Waals surface area contributed by atoms with Crippen LogP contribution in [0.5, 0.6) is 5.75 Å². The standard InChI is InChI=1S/C23H23N3O3/c1-14-6-11-18(15(2)12-14)26-13-19-20(22(27)25(4)23(28)24(19)3)21(26)16-7-9-17(29-5)10-8-16/h6-13H,1-5H3. The second-order valence-electron chi connectivity index (χ2n) is 7.33. The third-order valence-corrected chi connectivity index (χ3v) is 5.41. The molecule has 2 aromatic carbocycles. The number of ether oxygens (including phenoxy) is 1. The van der Waals surface area contributed by atoms with Crippen molar-refractivity contribution in [2.75, 3.05) is 7.11 Å². The summed E-state index contributed by atoms with van der Waals surface area (Å²) >= 11 is 0. The Morgan fingerprint density at radius 1 is 0.897 bits per heavy atom. The molecular weight excluding hydrogens is 366 g/mol. The summed E-state index contributed by atoms with van der Waals surface area (Å²) < 4.78 is 9.95. The summed E-state index contributed by atoms with van der Waals surface area (Å²) in [5.41, 5.74) is 4.79. The monoisotopic (exact) mass is 389 g/mol. The number of hydrogen-bond donors (Lipinski definition) is 0. The van der Waals surface area contributed by atoms with Crippen molar-refractivity contribution < 1.29 is 4.74 Å². The predicted molar refractivity (Wildman–Crippen MR) is 115 cm³/mol. The van der Waals surface area contributed by atoms with Crippen LogP contribution < -0.4 is 16.0 Å². The van der Waals surface area contributed by atoms with Crippen molar-refractivity contribution in [1.29, 1.82) is 0 Å². The van der Waals surface area contributed by atoms with Crippen molar-refractivity contribution in [3.8, 4) is 22.7 Å². The molecule has 0 saturated heterocycles. The van der Waals surface area contributed by atoms with E-state index in [4.69, 9.17) is 4.74 Å². The number of methoxy groups -OCH3 is 1. The van der Waals surface area contributed by atoms with E-state index in [0.717, 1.165) is 38.4 Å². The van der Waals surface area contributed by atoms with E-state index in [0.29, 0.717) is 10.9 Å². The summed E-state index contributed by atoms with van der Waals surface area (Å²) in [5.74, 6) is 0.739. The van der Waals surface area contributed by atoms with E-state index in [1.54, 1.807) is 14.2 Å². The lowest BCUT2D eigenvalue weighted by Crippen LogP contribution is -2.36. The van der Waals surface area contributed by atoms with Gasteiger partial charge in [0.05, 0.1) is 23.7 Å². The summed E-state index contributed by atoms with van der Waals surface area (Å²) in [6, 6.07) is 13.8. The molecule has 4 rings (SSSR count). The summed E-state index contributed by atoms with van der Waals surface area (Å²) in [7, 11) is 4.82. The minimum atomic E-state index is -0.346. The molecule has 0 saturated carbocycles. The number of fused-ring (bicyclic) bond motifs is 1. The van der Waals surface area contributed by atoms with E-state index in [9.17, 15) is 9.59 Å². The van der Waals surface area contributed by atoms with Crippen molar-refractivity contribution in [3.05, 3.63) is 80.6 Å². The van der Waals surface area contributed by atoms with Crippen LogP contribution in [0.4, 0.5) is 0 Å². The predicted octanol–water partition coefficient (Wildman–Crippen LogP) is 3.32. The van der Waals surface area contributed by atoms with E-state index in [1.165, 1.54) is 11.6 Å². The molecule has 6 nitrogen and oxygen atoms in total. The zero-order chi connectivity index (χ0) is 20.9. The molecule has 29 heavy (non-hydrogen) atoms. The van der Waals surface area contributed by atoms with E-state index in [2.05, 4.69) is 6.07 Å². The summed E-state index contributed by atoms with van der Waals surface area (Å²) in [5, 5.41) is 0.514. The zero-order valence-corrected chi connectivity index (χ0v) is 17.2. The number of hydrogen-bond acceptors (Lipinski definition) is 3. The van der Waals surface area contributed by atoms with Gasteiger partial charge >= 0.3 is 5.69 Å². The second-order valence-corrected chi connectivity index (χ2v) is 7.33. The lowest BCUT2D eigenvalue weighted by Gasteiger charge is -2.13. The van der Waals surface area contributed by atoms with E-state index in [-0.39, 0.29) is 11.2 Å². The maximum Gasteiger partial charge on any atom is 0.330 e. The zero-order valence-electron chi connectivity index (χ0n) is 17.2. The Bertz CT molecular complexity index is 1360. The van der Waals surface area contributed by atoms with Crippen LogP contribution in [0.25, 0.3) is 27.8 Å². The van der Waals surface area contributed by atoms with Gasteiger partial charge in [-0.1, -0.05) is 17.7 Å². The van der Waals surface area contributed by atoms with Crippen molar-refractivity contribution in [3.63, 3.8) is 0 Å². The van der Waals surface area contributed by atoms with Crippen LogP contribution >= 0.6 is 0 Å². The van der Waals surface area contributed by atoms with Gasteiger partial charge in [0.1, 0.15) is 5.75 Å². The molecule has 4 aromatic rings. The Labute approximate surface area is 168 Å². The Morgan fingerprint density at radius 3 is 2.21 bits per heavy atom. The topological polar surface area (TPSA) is 58.2 Å². The average Bonchev–Trinajstić information content (AvgIpc) is 3.11. The third kappa shape index (κ3) is 2.88. The highest BCUT2D eigenvalue weighted by Gasteiger charge is 2.21. The first-order chi connectivity index (χ1) is 13.8. The maximum absolute atomic E-state index is 13.1. The molecule has 0 aliphatic heterocycles. The van der Waals surface area contributed by atoms with Crippen molar-refractivity contribution in [2.24, 2.45) is 14.1 Å². The molecule has 148 valence electrons. The summed E-state index contributed by atoms with van der Waals surface area (Å²) in [6.45, 7) is 4.09. The van der Waals surface area contributed by atoms with Gasteiger partial charge in [0, 0.05) is 26.0 Å². The number of nitrogens with zero attached hydrogens (tertiary/aromatic N) is 3. The molecule has 0 atom stereocenters. The highest BCUT2D eigenvalue weighted by atomic mass is 16.5. The largest absolute Gasteiger partial charge is 0.497 e. The van der Waals surface area contributed by atoms with Crippen LogP contribution in [0, 0.1) is 13.8 Å². The number of benzene rings is 2. The van der Waals surface area contributed by atoms with Gasteiger partial charge in [-0.15, -0.1) is 0 Å². The molecular formula is C23H23N3O3. The second kappa shape index (κ2) is 6.81. The van der Waals surface area contributed by atoms with Gasteiger partial charge in [0.25, 0.3) is 5.56 Å². The van der Waals surface area contributed by atoms with Gasteiger partial charge in [-0.3, -0.25) is 13.9 Å². The Balaban J connectivity index is 2.17. The molecule has 0 radical (unpaired) electrons. The number of aryl methyl sites for hydroxylation is 3. The molecule has 0 bridgehead atoms. The van der Waals surface area contributed by atoms with E-state index < -0.39 is 0 Å². The highest BCUT2D eigenvalue weighted by Crippen LogP contribution is 2.33. The molecule has 0 aliphatic rings. The Hall–Kier alpha value is -3.54. The molecule has 0 N–H and O–H groups in total. The molecule has 0 fully saturated rings. The van der Waals surface area contributed by atoms with Crippen molar-refractivity contribution in [2.45, 2.75) is 13.8 Å². The lowest BCUT2D eigenvalue weighted by atomic mass is 10.1. The normalized spacial score (nSPS) is 11.2. The Morgan fingerprint density at radius 2 is 1.59 bits per heavy atom. The van der Waals surface area contributed by atoms with Crippen LogP contribution in [0.3, 0.4) is 0 Å². The first-order valence-corrected chi connectivity index (χ1v) is 9.36. The van der Waals surface area contributed by atoms with Gasteiger partial charge in [-0.25, -0.2) is 4.79 Å². The van der Waals surface area contributed by atoms with Gasteiger partial charge in [0.2, 0.25) is 0 Å². The van der Waals surface area contributed by atoms with Crippen molar-refractivity contribution in [1.82, 2.24) is 13.7 Å². The quantitative estimate of drug-likeness (QED) is 0.540. The van der Waals surface area contributed by atoms with E-state index >= 15 is 0 Å². The summed E-state index contributed by atoms with van der Waals surface area (Å²) in [4.78, 5) is 25.6. The van der Waals surface area contributed by atoms with Gasteiger partial charge in [-0.2, -0.15) is 0 Å². The summed E-state index contributed by atoms with van der Waals surface area (Å²) in [6.07, 6.45) is 1.87. The Kier molecular flexibility index (Phi) is 4.42. The fraction of sp³-hybridized carbons (Fsp3) is 0.217. The molecule has 6 heteroatoms. The van der Waals surface area contributed by atoms with Gasteiger partial charge < -0.3 is 9.30 Å². The van der Waals surface area contributed by atoms with Crippen LogP contribution in [-0.4, -0.2) is 20.8 Å². The SMILES string of the molecule is COc1ccc(-c2c3c(=O)n(C)c(=O)n(C)c3cn2-c2ccc(C)cc2C)cc1. The first kappa shape index (κ1) is 18.8. The maximum atomic E-state index is 13.1. The molecule has 2 aromatic heterocycles. The fourth-order valence-corrected chi connectivity index (χ4v) is 3.84. The van der Waals surface area contributed by atoms with Gasteiger partial charge in [0.15, 0.2) is 0 Å². The minimum absolute atomic E-state index is 0.308. The molecule has 0 spiro atoms. The molecule has 2 heterocycles. The molecule has 0 unspecified atom stereocenters. The van der Waals surface area contributed by atoms with Crippen LogP contribution in [-0.2, 0) is 14.1 Å².